The molecule has 25 heavy (non-hydrogen) atoms. The molecule has 0 fully saturated rings. The summed E-state index contributed by atoms with van der Waals surface area (Å²) >= 11 is 0. The molecule has 0 amide bonds. The van der Waals surface area contributed by atoms with Crippen molar-refractivity contribution >= 4 is 27.8 Å². The summed E-state index contributed by atoms with van der Waals surface area (Å²) in [6.07, 6.45) is -0.898. The van der Waals surface area contributed by atoms with Crippen LogP contribution in [0.15, 0.2) is 47.3 Å². The molecule has 2 heterocycles. The number of rotatable bonds is 4. The summed E-state index contributed by atoms with van der Waals surface area (Å²) in [4.78, 5) is 19.4. The molecule has 1 unspecified atom stereocenters. The molecular weight excluding hydrogens is 320 g/mol. The number of aliphatic hydroxyl groups is 1. The molecule has 4 aromatic rings. The maximum absolute atomic E-state index is 11.9. The third kappa shape index (κ3) is 2.73. The molecule has 4 rings (SSSR count). The Hall–Kier alpha value is -3.23. The van der Waals surface area contributed by atoms with E-state index in [1.54, 1.807) is 13.1 Å². The van der Waals surface area contributed by atoms with Crippen LogP contribution in [-0.2, 0) is 0 Å². The lowest BCUT2D eigenvalue weighted by Crippen LogP contribution is -2.33. The number of aromatic amines is 2. The van der Waals surface area contributed by atoms with Gasteiger partial charge in [-0.2, -0.15) is 5.10 Å². The second kappa shape index (κ2) is 6.00. The molecule has 126 valence electrons. The summed E-state index contributed by atoms with van der Waals surface area (Å²) < 4.78 is 0. The molecule has 5 N–H and O–H groups in total. The molecular formula is C17H16N6O2. The Labute approximate surface area is 141 Å². The summed E-state index contributed by atoms with van der Waals surface area (Å²) in [7, 11) is 1.63. The van der Waals surface area contributed by atoms with Gasteiger partial charge < -0.3 is 15.4 Å². The van der Waals surface area contributed by atoms with Gasteiger partial charge in [0.25, 0.3) is 5.56 Å². The lowest BCUT2D eigenvalue weighted by molar-refractivity contribution is 0.175. The van der Waals surface area contributed by atoms with Crippen molar-refractivity contribution < 1.29 is 5.11 Å². The molecule has 0 radical (unpaired) electrons. The first-order valence-corrected chi connectivity index (χ1v) is 7.75. The van der Waals surface area contributed by atoms with Crippen LogP contribution in [0.2, 0.25) is 0 Å². The predicted octanol–water partition coefficient (Wildman–Crippen LogP) is 1.37. The summed E-state index contributed by atoms with van der Waals surface area (Å²) in [6, 6.07) is 13.0. The number of nitrogens with one attached hydrogen (secondary N) is 4. The number of benzene rings is 2. The number of imidazole rings is 1. The fourth-order valence-corrected chi connectivity index (χ4v) is 2.76. The first-order valence-electron chi connectivity index (χ1n) is 7.75. The van der Waals surface area contributed by atoms with E-state index in [0.717, 1.165) is 22.0 Å². The van der Waals surface area contributed by atoms with Crippen molar-refractivity contribution in [1.82, 2.24) is 25.5 Å². The molecule has 0 bridgehead atoms. The molecule has 0 spiro atoms. The van der Waals surface area contributed by atoms with Gasteiger partial charge in [0, 0.05) is 10.9 Å². The molecule has 8 heteroatoms. The third-order valence-corrected chi connectivity index (χ3v) is 4.00. The van der Waals surface area contributed by atoms with Gasteiger partial charge in [-0.05, 0) is 25.2 Å². The van der Waals surface area contributed by atoms with Crippen LogP contribution < -0.4 is 16.2 Å². The van der Waals surface area contributed by atoms with Crippen molar-refractivity contribution in [3.05, 3.63) is 52.8 Å². The van der Waals surface area contributed by atoms with E-state index in [-0.39, 0.29) is 5.56 Å². The van der Waals surface area contributed by atoms with E-state index in [4.69, 9.17) is 0 Å². The molecule has 2 aromatic heterocycles. The van der Waals surface area contributed by atoms with Crippen LogP contribution in [0.4, 0.5) is 5.95 Å². The lowest BCUT2D eigenvalue weighted by atomic mass is 10.0. The second-order valence-electron chi connectivity index (χ2n) is 5.60. The zero-order valence-corrected chi connectivity index (χ0v) is 13.4. The van der Waals surface area contributed by atoms with Gasteiger partial charge in [0.15, 0.2) is 6.35 Å². The van der Waals surface area contributed by atoms with E-state index in [1.807, 2.05) is 36.4 Å². The summed E-state index contributed by atoms with van der Waals surface area (Å²) in [5.41, 5.74) is 2.86. The van der Waals surface area contributed by atoms with Gasteiger partial charge in [-0.25, -0.2) is 10.1 Å². The number of aromatic nitrogens is 4. The van der Waals surface area contributed by atoms with E-state index in [0.29, 0.717) is 17.0 Å². The molecule has 8 nitrogen and oxygen atoms in total. The lowest BCUT2D eigenvalue weighted by Gasteiger charge is -2.08. The van der Waals surface area contributed by atoms with Gasteiger partial charge in [0.05, 0.1) is 22.1 Å². The van der Waals surface area contributed by atoms with E-state index in [1.165, 1.54) is 0 Å². The zero-order chi connectivity index (χ0) is 17.4. The molecule has 2 aromatic carbocycles. The standard InChI is InChI=1S/C17H16N6O2/c1-18-17(25)21-16-19-12-7-6-9(8-13(12)20-16)14-10-4-2-3-5-11(10)15(24)23-22-14/h2-8,17-18,25H,1H3,(H,23,24)(H2,19,20,21). The van der Waals surface area contributed by atoms with Crippen LogP contribution in [0.5, 0.6) is 0 Å². The van der Waals surface area contributed by atoms with Crippen LogP contribution in [-0.4, -0.2) is 38.7 Å². The van der Waals surface area contributed by atoms with Crippen molar-refractivity contribution in [3.8, 4) is 11.3 Å². The molecule has 0 aliphatic rings. The SMILES string of the molecule is CNC(O)Nc1nc2cc(-c3n[nH]c(=O)c4ccccc34)ccc2[nH]1. The van der Waals surface area contributed by atoms with E-state index in [2.05, 4.69) is 30.8 Å². The second-order valence-corrected chi connectivity index (χ2v) is 5.60. The minimum absolute atomic E-state index is 0.215. The van der Waals surface area contributed by atoms with Gasteiger partial charge in [0.2, 0.25) is 5.95 Å². The van der Waals surface area contributed by atoms with Crippen LogP contribution in [0.25, 0.3) is 33.1 Å². The minimum Gasteiger partial charge on any atom is -0.361 e. The van der Waals surface area contributed by atoms with Crippen molar-refractivity contribution in [1.29, 1.82) is 0 Å². The number of anilines is 1. The Morgan fingerprint density at radius 3 is 2.76 bits per heavy atom. The van der Waals surface area contributed by atoms with Crippen molar-refractivity contribution in [2.75, 3.05) is 12.4 Å². The number of fused-ring (bicyclic) bond motifs is 2. The number of aliphatic hydroxyl groups excluding tert-OH is 1. The van der Waals surface area contributed by atoms with Gasteiger partial charge in [0.1, 0.15) is 0 Å². The average Bonchev–Trinajstić information content (AvgIpc) is 3.03. The molecule has 0 aliphatic carbocycles. The van der Waals surface area contributed by atoms with Gasteiger partial charge in [-0.15, -0.1) is 0 Å². The molecule has 0 saturated carbocycles. The number of hydrogen-bond donors (Lipinski definition) is 5. The summed E-state index contributed by atoms with van der Waals surface area (Å²) in [6.45, 7) is 0. The minimum atomic E-state index is -0.898. The topological polar surface area (TPSA) is 119 Å². The summed E-state index contributed by atoms with van der Waals surface area (Å²) in [5.74, 6) is 0.452. The maximum atomic E-state index is 11.9. The number of H-pyrrole nitrogens is 2. The Morgan fingerprint density at radius 1 is 1.16 bits per heavy atom. The number of hydrogen-bond acceptors (Lipinski definition) is 6. The van der Waals surface area contributed by atoms with E-state index in [9.17, 15) is 9.90 Å². The highest BCUT2D eigenvalue weighted by Gasteiger charge is 2.11. The highest BCUT2D eigenvalue weighted by Crippen LogP contribution is 2.27. The molecule has 0 aliphatic heterocycles. The van der Waals surface area contributed by atoms with Crippen molar-refractivity contribution in [2.24, 2.45) is 0 Å². The van der Waals surface area contributed by atoms with Gasteiger partial charge in [-0.3, -0.25) is 10.1 Å². The third-order valence-electron chi connectivity index (χ3n) is 4.00. The van der Waals surface area contributed by atoms with Crippen LogP contribution >= 0.6 is 0 Å². The number of nitrogens with zero attached hydrogens (tertiary/aromatic N) is 2. The normalized spacial score (nSPS) is 12.6. The van der Waals surface area contributed by atoms with E-state index < -0.39 is 6.35 Å². The Bertz CT molecular complexity index is 1120. The quantitative estimate of drug-likeness (QED) is 0.359. The summed E-state index contributed by atoms with van der Waals surface area (Å²) in [5, 5.41) is 23.2. The smallest absolute Gasteiger partial charge is 0.272 e. The average molecular weight is 336 g/mol. The highest BCUT2D eigenvalue weighted by molar-refractivity contribution is 5.95. The first-order chi connectivity index (χ1) is 12.2. The Morgan fingerprint density at radius 2 is 1.96 bits per heavy atom. The van der Waals surface area contributed by atoms with E-state index >= 15 is 0 Å². The Balaban J connectivity index is 1.82. The maximum Gasteiger partial charge on any atom is 0.272 e. The van der Waals surface area contributed by atoms with Crippen LogP contribution in [0.3, 0.4) is 0 Å². The van der Waals surface area contributed by atoms with Crippen LogP contribution in [0, 0.1) is 0 Å². The Kier molecular flexibility index (Phi) is 3.68. The molecule has 1 atom stereocenters. The molecule has 0 saturated heterocycles. The van der Waals surface area contributed by atoms with Gasteiger partial charge >= 0.3 is 0 Å². The zero-order valence-electron chi connectivity index (χ0n) is 13.4. The first kappa shape index (κ1) is 15.3. The fraction of sp³-hybridized carbons (Fsp3) is 0.118. The van der Waals surface area contributed by atoms with Crippen LogP contribution in [0.1, 0.15) is 0 Å². The van der Waals surface area contributed by atoms with Gasteiger partial charge in [-0.1, -0.05) is 24.3 Å². The highest BCUT2D eigenvalue weighted by atomic mass is 16.3. The van der Waals surface area contributed by atoms with Crippen molar-refractivity contribution in [2.45, 2.75) is 6.35 Å². The van der Waals surface area contributed by atoms with Crippen molar-refractivity contribution in [3.63, 3.8) is 0 Å². The largest absolute Gasteiger partial charge is 0.361 e. The predicted molar refractivity (Wildman–Crippen MR) is 96.1 cm³/mol. The monoisotopic (exact) mass is 336 g/mol. The fourth-order valence-electron chi connectivity index (χ4n) is 2.76.